The third-order valence-corrected chi connectivity index (χ3v) is 8.85. The van der Waals surface area contributed by atoms with Gasteiger partial charge in [-0.3, -0.25) is 9.59 Å². The number of rotatable bonds is 7. The Kier molecular flexibility index (Phi) is 7.04. The number of nitrogens with one attached hydrogen (secondary N) is 2. The zero-order valence-corrected chi connectivity index (χ0v) is 20.5. The summed E-state index contributed by atoms with van der Waals surface area (Å²) in [5, 5.41) is 17.9. The van der Waals surface area contributed by atoms with E-state index in [1.807, 2.05) is 31.2 Å². The van der Waals surface area contributed by atoms with E-state index in [1.165, 1.54) is 0 Å². The summed E-state index contributed by atoms with van der Waals surface area (Å²) in [6, 6.07) is 7.79. The van der Waals surface area contributed by atoms with Crippen molar-refractivity contribution in [3.63, 3.8) is 0 Å². The lowest BCUT2D eigenvalue weighted by atomic mass is 9.51. The van der Waals surface area contributed by atoms with Crippen LogP contribution in [0, 0.1) is 35.0 Å². The van der Waals surface area contributed by atoms with Crippen LogP contribution < -0.4 is 15.4 Å². The highest BCUT2D eigenvalue weighted by molar-refractivity contribution is 5.81. The number of carbonyl (C=O) groups excluding carboxylic acids is 2. The van der Waals surface area contributed by atoms with Gasteiger partial charge in [-0.25, -0.2) is 0 Å². The fourth-order valence-corrected chi connectivity index (χ4v) is 6.43. The zero-order valence-electron chi connectivity index (χ0n) is 20.5. The number of amides is 2. The van der Waals surface area contributed by atoms with Crippen LogP contribution in [0.15, 0.2) is 24.3 Å². The van der Waals surface area contributed by atoms with Gasteiger partial charge in [0.1, 0.15) is 5.75 Å². The molecular formula is C27H40N2O4. The summed E-state index contributed by atoms with van der Waals surface area (Å²) < 4.78 is 5.19. The number of methoxy groups -OCH3 is 1. The van der Waals surface area contributed by atoms with Gasteiger partial charge >= 0.3 is 0 Å². The van der Waals surface area contributed by atoms with E-state index < -0.39 is 6.10 Å². The van der Waals surface area contributed by atoms with Crippen LogP contribution in [-0.4, -0.2) is 36.2 Å². The number of ether oxygens (including phenoxy) is 1. The molecule has 0 spiro atoms. The molecule has 3 N–H and O–H groups in total. The van der Waals surface area contributed by atoms with Crippen molar-refractivity contribution in [2.24, 2.45) is 35.0 Å². The van der Waals surface area contributed by atoms with Crippen molar-refractivity contribution < 1.29 is 19.4 Å². The molecule has 1 aromatic rings. The van der Waals surface area contributed by atoms with Crippen LogP contribution in [0.25, 0.3) is 0 Å². The second-order valence-corrected chi connectivity index (χ2v) is 11.0. The third-order valence-electron chi connectivity index (χ3n) is 8.85. The van der Waals surface area contributed by atoms with Crippen LogP contribution >= 0.6 is 0 Å². The van der Waals surface area contributed by atoms with E-state index in [0.717, 1.165) is 49.8 Å². The molecule has 0 aromatic heterocycles. The Balaban J connectivity index is 1.38. The van der Waals surface area contributed by atoms with Crippen LogP contribution in [0.3, 0.4) is 0 Å². The van der Waals surface area contributed by atoms with Crippen molar-refractivity contribution in [2.75, 3.05) is 7.11 Å². The molecule has 3 aliphatic rings. The summed E-state index contributed by atoms with van der Waals surface area (Å²) in [6.07, 6.45) is 5.33. The van der Waals surface area contributed by atoms with Crippen molar-refractivity contribution in [3.8, 4) is 5.75 Å². The van der Waals surface area contributed by atoms with Crippen LogP contribution in [-0.2, 0) is 16.1 Å². The predicted molar refractivity (Wildman–Crippen MR) is 127 cm³/mol. The molecule has 3 saturated carbocycles. The summed E-state index contributed by atoms with van der Waals surface area (Å²) in [4.78, 5) is 25.4. The maximum Gasteiger partial charge on any atom is 0.223 e. The van der Waals surface area contributed by atoms with Crippen molar-refractivity contribution in [1.29, 1.82) is 0 Å². The highest BCUT2D eigenvalue weighted by Gasteiger charge is 2.54. The molecule has 4 rings (SSSR count). The number of fused-ring (bicyclic) bond motifs is 1. The Morgan fingerprint density at radius 3 is 2.45 bits per heavy atom. The average Bonchev–Trinajstić information content (AvgIpc) is 3.65. The molecule has 1 aromatic carbocycles. The van der Waals surface area contributed by atoms with E-state index in [9.17, 15) is 14.7 Å². The van der Waals surface area contributed by atoms with E-state index in [0.29, 0.717) is 6.54 Å². The second kappa shape index (κ2) is 9.65. The van der Waals surface area contributed by atoms with Gasteiger partial charge in [0.2, 0.25) is 11.8 Å². The Morgan fingerprint density at radius 2 is 1.82 bits per heavy atom. The molecule has 3 aliphatic carbocycles. The molecule has 0 unspecified atom stereocenters. The molecule has 7 atom stereocenters. The van der Waals surface area contributed by atoms with E-state index >= 15 is 0 Å². The Hall–Kier alpha value is -2.08. The van der Waals surface area contributed by atoms with Crippen LogP contribution in [0.4, 0.5) is 0 Å². The zero-order chi connectivity index (χ0) is 23.8. The molecule has 2 amide bonds. The largest absolute Gasteiger partial charge is 0.497 e. The molecule has 33 heavy (non-hydrogen) atoms. The van der Waals surface area contributed by atoms with Crippen LogP contribution in [0.2, 0.25) is 0 Å². The monoisotopic (exact) mass is 456 g/mol. The first-order valence-corrected chi connectivity index (χ1v) is 12.6. The van der Waals surface area contributed by atoms with Crippen LogP contribution in [0.1, 0.15) is 64.9 Å². The van der Waals surface area contributed by atoms with Gasteiger partial charge in [-0.2, -0.15) is 0 Å². The standard InChI is InChI=1S/C27H40N2O4/c1-16(25(31)28-15-18-5-9-20(33-4)10-6-18)21-11-13-27(3)14-12-22(17(2)23(27)24(21)30)29-26(32)19-7-8-19/h5-6,9-10,16-17,19,21-24,30H,7-8,11-15H2,1-4H3,(H,28,31)(H,29,32)/t16-,17+,21-,22-,23+,24-,27-/m0/s1. The first-order chi connectivity index (χ1) is 15.7. The van der Waals surface area contributed by atoms with Gasteiger partial charge in [0.25, 0.3) is 0 Å². The minimum Gasteiger partial charge on any atom is -0.497 e. The third kappa shape index (κ3) is 5.06. The van der Waals surface area contributed by atoms with Gasteiger partial charge in [-0.1, -0.05) is 32.9 Å². The Bertz CT molecular complexity index is 852. The van der Waals surface area contributed by atoms with Crippen molar-refractivity contribution in [3.05, 3.63) is 29.8 Å². The van der Waals surface area contributed by atoms with Crippen molar-refractivity contribution in [2.45, 2.75) is 78.0 Å². The maximum absolute atomic E-state index is 13.0. The van der Waals surface area contributed by atoms with E-state index in [1.54, 1.807) is 7.11 Å². The highest BCUT2D eigenvalue weighted by atomic mass is 16.5. The fraction of sp³-hybridized carbons (Fsp3) is 0.704. The average molecular weight is 457 g/mol. The first-order valence-electron chi connectivity index (χ1n) is 12.6. The summed E-state index contributed by atoms with van der Waals surface area (Å²) in [5.41, 5.74) is 1.08. The lowest BCUT2D eigenvalue weighted by Crippen LogP contribution is -2.58. The molecule has 182 valence electrons. The quantitative estimate of drug-likeness (QED) is 0.584. The smallest absolute Gasteiger partial charge is 0.223 e. The van der Waals surface area contributed by atoms with E-state index in [4.69, 9.17) is 4.74 Å². The molecule has 0 aliphatic heterocycles. The lowest BCUT2D eigenvalue weighted by Gasteiger charge is -2.56. The molecule has 6 heteroatoms. The topological polar surface area (TPSA) is 87.7 Å². The Labute approximate surface area is 197 Å². The number of hydrogen-bond donors (Lipinski definition) is 3. The second-order valence-electron chi connectivity index (χ2n) is 11.0. The molecule has 3 fully saturated rings. The number of benzene rings is 1. The summed E-state index contributed by atoms with van der Waals surface area (Å²) in [5.74, 6) is 1.11. The number of aliphatic hydroxyl groups is 1. The van der Waals surface area contributed by atoms with Gasteiger partial charge in [-0.15, -0.1) is 0 Å². The number of aliphatic hydroxyl groups excluding tert-OH is 1. The summed E-state index contributed by atoms with van der Waals surface area (Å²) in [7, 11) is 1.63. The lowest BCUT2D eigenvalue weighted by molar-refractivity contribution is -0.144. The van der Waals surface area contributed by atoms with Gasteiger partial charge in [0, 0.05) is 24.4 Å². The van der Waals surface area contributed by atoms with Crippen molar-refractivity contribution in [1.82, 2.24) is 10.6 Å². The molecule has 0 heterocycles. The summed E-state index contributed by atoms with van der Waals surface area (Å²) in [6.45, 7) is 6.88. The van der Waals surface area contributed by atoms with Gasteiger partial charge in [-0.05, 0) is 79.4 Å². The van der Waals surface area contributed by atoms with Crippen LogP contribution in [0.5, 0.6) is 5.75 Å². The number of carbonyl (C=O) groups is 2. The number of hydrogen-bond acceptors (Lipinski definition) is 4. The van der Waals surface area contributed by atoms with Crippen molar-refractivity contribution >= 4 is 11.8 Å². The normalized spacial score (nSPS) is 34.6. The van der Waals surface area contributed by atoms with E-state index in [-0.39, 0.29) is 52.9 Å². The van der Waals surface area contributed by atoms with E-state index in [2.05, 4.69) is 24.5 Å². The van der Waals surface area contributed by atoms with Gasteiger partial charge in [0.05, 0.1) is 13.2 Å². The molecular weight excluding hydrogens is 416 g/mol. The summed E-state index contributed by atoms with van der Waals surface area (Å²) >= 11 is 0. The molecule has 0 saturated heterocycles. The Morgan fingerprint density at radius 1 is 1.15 bits per heavy atom. The maximum atomic E-state index is 13.0. The van der Waals surface area contributed by atoms with Gasteiger partial charge < -0.3 is 20.5 Å². The van der Waals surface area contributed by atoms with Gasteiger partial charge in [0.15, 0.2) is 0 Å². The molecule has 0 bridgehead atoms. The highest BCUT2D eigenvalue weighted by Crippen LogP contribution is 2.55. The SMILES string of the molecule is COc1ccc(CNC(=O)[C@@H](C)[C@@H]2CC[C@@]3(C)CC[C@H](NC(=O)C4CC4)[C@@H](C)[C@@H]3[C@H]2O)cc1. The molecule has 6 nitrogen and oxygen atoms in total. The minimum atomic E-state index is -0.541. The fourth-order valence-electron chi connectivity index (χ4n) is 6.43. The first kappa shape index (κ1) is 24.1. The predicted octanol–water partition coefficient (Wildman–Crippen LogP) is 3.67. The minimum absolute atomic E-state index is 0.0134. The molecule has 0 radical (unpaired) electrons.